The minimum absolute atomic E-state index is 0.253. The summed E-state index contributed by atoms with van der Waals surface area (Å²) in [6.07, 6.45) is 6.61. The van der Waals surface area contributed by atoms with Crippen molar-refractivity contribution < 1.29 is 21.2 Å². The number of hydrogen-bond donors (Lipinski definition) is 0. The second kappa shape index (κ2) is 14.0. The summed E-state index contributed by atoms with van der Waals surface area (Å²) < 4.78 is 0.506. The van der Waals surface area contributed by atoms with Crippen LogP contribution in [0.15, 0.2) is 12.3 Å². The number of rotatable bonds is 11. The molecular weight excluding hydrogens is 467 g/mol. The van der Waals surface area contributed by atoms with E-state index >= 15 is 0 Å². The molecule has 0 saturated heterocycles. The van der Waals surface area contributed by atoms with E-state index in [-0.39, 0.29) is 21.2 Å². The summed E-state index contributed by atoms with van der Waals surface area (Å²) in [6.45, 7) is 20.1. The molecule has 0 bridgehead atoms. The molecule has 0 aliphatic heterocycles. The van der Waals surface area contributed by atoms with Gasteiger partial charge in [-0.05, 0) is 0 Å². The van der Waals surface area contributed by atoms with E-state index in [9.17, 15) is 0 Å². The van der Waals surface area contributed by atoms with Crippen molar-refractivity contribution in [3.63, 3.8) is 0 Å². The molecule has 27 heavy (non-hydrogen) atoms. The van der Waals surface area contributed by atoms with Crippen LogP contribution < -0.4 is 26.1 Å². The molecule has 4 heteroatoms. The van der Waals surface area contributed by atoms with Gasteiger partial charge in [0.05, 0.1) is 0 Å². The van der Waals surface area contributed by atoms with E-state index in [0.717, 1.165) is 37.5 Å². The summed E-state index contributed by atoms with van der Waals surface area (Å²) in [5.41, 5.74) is 2.44. The average Bonchev–Trinajstić information content (AvgIpc) is 2.68. The number of alkyl halides is 2. The minimum atomic E-state index is 0.253. The van der Waals surface area contributed by atoms with E-state index in [1.54, 1.807) is 0 Å². The zero-order chi connectivity index (χ0) is 21.0. The van der Waals surface area contributed by atoms with E-state index in [1.807, 2.05) is 20.0 Å². The van der Waals surface area contributed by atoms with Crippen molar-refractivity contribution in [2.45, 2.75) is 84.5 Å². The van der Waals surface area contributed by atoms with E-state index < -0.39 is 0 Å². The van der Waals surface area contributed by atoms with Gasteiger partial charge in [0, 0.05) is 0 Å². The summed E-state index contributed by atoms with van der Waals surface area (Å²) in [6, 6.07) is 2.29. The molecular formula is C23H43ClIN2-. The zero-order valence-corrected chi connectivity index (χ0v) is 22.1. The predicted octanol–water partition coefficient (Wildman–Crippen LogP) is 4.09. The molecule has 0 saturated carbocycles. The molecule has 0 aliphatic rings. The quantitative estimate of drug-likeness (QED) is 0.254. The molecule has 0 spiro atoms. The van der Waals surface area contributed by atoms with Gasteiger partial charge in [-0.25, -0.2) is 0 Å². The van der Waals surface area contributed by atoms with Crippen LogP contribution in [0.25, 0.3) is 0 Å². The van der Waals surface area contributed by atoms with Crippen molar-refractivity contribution in [3.8, 4) is 0 Å². The molecule has 1 aromatic rings. The molecule has 0 radical (unpaired) electrons. The molecule has 1 aromatic heterocycles. The average molecular weight is 510 g/mol. The molecule has 160 valence electrons. The Labute approximate surface area is 185 Å². The van der Waals surface area contributed by atoms with Gasteiger partial charge in [0.1, 0.15) is 0 Å². The third-order valence-electron chi connectivity index (χ3n) is 5.47. The molecule has 0 N–H and O–H groups in total. The second-order valence-electron chi connectivity index (χ2n) is 7.81. The first-order chi connectivity index (χ1) is 12.7. The van der Waals surface area contributed by atoms with Crippen LogP contribution in [-0.4, -0.2) is 26.4 Å². The molecule has 1 heterocycles. The SMILES string of the molecule is CC.CCCN(CC(C)CC)c1cc(CCC(C)C(C)(C)[I-]C)cnc1Cl. The molecule has 0 aliphatic carbocycles. The Morgan fingerprint density at radius 1 is 1.22 bits per heavy atom. The van der Waals surface area contributed by atoms with Crippen LogP contribution in [0, 0.1) is 11.8 Å². The van der Waals surface area contributed by atoms with Crippen molar-refractivity contribution >= 4 is 17.3 Å². The summed E-state index contributed by atoms with van der Waals surface area (Å²) in [5, 5.41) is 0.647. The summed E-state index contributed by atoms with van der Waals surface area (Å²) >= 11 is 6.72. The first-order valence-corrected chi connectivity index (χ1v) is 14.3. The Balaban J connectivity index is 0.00000326. The number of anilines is 1. The number of aryl methyl sites for hydroxylation is 1. The Morgan fingerprint density at radius 2 is 1.85 bits per heavy atom. The number of pyridine rings is 1. The number of aromatic nitrogens is 1. The predicted molar refractivity (Wildman–Crippen MR) is 120 cm³/mol. The van der Waals surface area contributed by atoms with Crippen molar-refractivity contribution in [3.05, 3.63) is 23.0 Å². The topological polar surface area (TPSA) is 16.1 Å². The Kier molecular flexibility index (Phi) is 14.0. The van der Waals surface area contributed by atoms with Crippen molar-refractivity contribution in [2.24, 2.45) is 11.8 Å². The van der Waals surface area contributed by atoms with E-state index in [2.05, 4.69) is 62.4 Å². The van der Waals surface area contributed by atoms with Gasteiger partial charge >= 0.3 is 172 Å². The molecule has 0 aromatic carbocycles. The van der Waals surface area contributed by atoms with Crippen molar-refractivity contribution in [1.29, 1.82) is 0 Å². The van der Waals surface area contributed by atoms with Gasteiger partial charge < -0.3 is 0 Å². The Morgan fingerprint density at radius 3 is 2.37 bits per heavy atom. The van der Waals surface area contributed by atoms with Gasteiger partial charge in [-0.15, -0.1) is 0 Å². The second-order valence-corrected chi connectivity index (χ2v) is 12.0. The monoisotopic (exact) mass is 509 g/mol. The van der Waals surface area contributed by atoms with E-state index in [1.165, 1.54) is 18.4 Å². The van der Waals surface area contributed by atoms with Crippen LogP contribution >= 0.6 is 11.6 Å². The van der Waals surface area contributed by atoms with Gasteiger partial charge in [0.2, 0.25) is 0 Å². The zero-order valence-electron chi connectivity index (χ0n) is 19.2. The number of hydrogen-bond acceptors (Lipinski definition) is 2. The maximum atomic E-state index is 6.46. The fourth-order valence-electron chi connectivity index (χ4n) is 2.83. The van der Waals surface area contributed by atoms with Gasteiger partial charge in [0.15, 0.2) is 0 Å². The van der Waals surface area contributed by atoms with Crippen LogP contribution in [0.2, 0.25) is 5.15 Å². The van der Waals surface area contributed by atoms with E-state index in [4.69, 9.17) is 11.6 Å². The third kappa shape index (κ3) is 9.34. The molecule has 0 fully saturated rings. The Hall–Kier alpha value is -0.0300. The molecule has 2 atom stereocenters. The van der Waals surface area contributed by atoms with Gasteiger partial charge in [0.25, 0.3) is 0 Å². The normalized spacial score (nSPS) is 13.7. The van der Waals surface area contributed by atoms with Crippen molar-refractivity contribution in [2.75, 3.05) is 22.9 Å². The fourth-order valence-corrected chi connectivity index (χ4v) is 4.43. The van der Waals surface area contributed by atoms with Gasteiger partial charge in [-0.2, -0.15) is 0 Å². The van der Waals surface area contributed by atoms with Crippen LogP contribution in [0.1, 0.15) is 80.2 Å². The number of nitrogens with zero attached hydrogens (tertiary/aromatic N) is 2. The van der Waals surface area contributed by atoms with E-state index in [0.29, 0.717) is 14.5 Å². The Bertz CT molecular complexity index is 519. The summed E-state index contributed by atoms with van der Waals surface area (Å²) in [4.78, 5) is 9.33. The van der Waals surface area contributed by atoms with Crippen LogP contribution in [0.5, 0.6) is 0 Å². The van der Waals surface area contributed by atoms with Crippen LogP contribution in [0.3, 0.4) is 0 Å². The van der Waals surface area contributed by atoms with Crippen molar-refractivity contribution in [1.82, 2.24) is 4.98 Å². The first kappa shape index (κ1) is 27.0. The van der Waals surface area contributed by atoms with Crippen LogP contribution in [-0.2, 0) is 6.42 Å². The third-order valence-corrected chi connectivity index (χ3v) is 9.60. The maximum absolute atomic E-state index is 6.46. The van der Waals surface area contributed by atoms with Gasteiger partial charge in [-0.3, -0.25) is 0 Å². The summed E-state index contributed by atoms with van der Waals surface area (Å²) in [5.74, 6) is 1.41. The standard InChI is InChI=1S/C21H37ClIN2.C2H6/c1-8-12-25(15-16(3)9-2)19-13-18(14-24-20(19)22)11-10-17(4)21(5,6)23-7;1-2/h13-14,16-17H,8-12,15H2,1-7H3;1-2H3/q-1;. The number of halogens is 2. The summed E-state index contributed by atoms with van der Waals surface area (Å²) in [7, 11) is 0. The van der Waals surface area contributed by atoms with Crippen LogP contribution in [0.4, 0.5) is 5.69 Å². The molecule has 2 unspecified atom stereocenters. The molecule has 0 amide bonds. The first-order valence-electron chi connectivity index (χ1n) is 10.6. The molecule has 1 rings (SSSR count). The molecule has 2 nitrogen and oxygen atoms in total. The van der Waals surface area contributed by atoms with Gasteiger partial charge in [-0.1, -0.05) is 13.8 Å². The fraction of sp³-hybridized carbons (Fsp3) is 0.783.